The molecule has 0 radical (unpaired) electrons. The Balaban J connectivity index is 0.00000243. The van der Waals surface area contributed by atoms with Crippen LogP contribution in [0.4, 0.5) is 5.69 Å². The molecule has 0 amide bonds. The van der Waals surface area contributed by atoms with Crippen LogP contribution in [0.5, 0.6) is 5.75 Å². The van der Waals surface area contributed by atoms with Crippen molar-refractivity contribution in [3.05, 3.63) is 59.2 Å². The first-order valence-corrected chi connectivity index (χ1v) is 8.59. The molecular formula is C20H27IN4O. The molecule has 0 spiro atoms. The number of para-hydroxylation sites is 1. The van der Waals surface area contributed by atoms with E-state index in [4.69, 9.17) is 10.5 Å². The molecule has 0 aromatic heterocycles. The predicted molar refractivity (Wildman–Crippen MR) is 119 cm³/mol. The van der Waals surface area contributed by atoms with Crippen LogP contribution >= 0.6 is 24.0 Å². The van der Waals surface area contributed by atoms with Crippen molar-refractivity contribution in [1.82, 2.24) is 5.32 Å². The van der Waals surface area contributed by atoms with E-state index in [2.05, 4.69) is 46.4 Å². The van der Waals surface area contributed by atoms with Crippen molar-refractivity contribution >= 4 is 35.6 Å². The number of hydrogen-bond acceptors (Lipinski definition) is 3. The molecule has 1 atom stereocenters. The number of anilines is 1. The van der Waals surface area contributed by atoms with E-state index in [1.807, 2.05) is 32.3 Å². The lowest BCUT2D eigenvalue weighted by atomic mass is 10.0. The van der Waals surface area contributed by atoms with Gasteiger partial charge in [-0.2, -0.15) is 0 Å². The Kier molecular flexibility index (Phi) is 7.14. The molecule has 0 saturated carbocycles. The van der Waals surface area contributed by atoms with Gasteiger partial charge in [0.2, 0.25) is 0 Å². The summed E-state index contributed by atoms with van der Waals surface area (Å²) in [6, 6.07) is 14.6. The van der Waals surface area contributed by atoms with Crippen molar-refractivity contribution in [2.75, 3.05) is 25.6 Å². The number of nitrogens with one attached hydrogen (secondary N) is 1. The van der Waals surface area contributed by atoms with Gasteiger partial charge in [-0.25, -0.2) is 4.99 Å². The van der Waals surface area contributed by atoms with E-state index < -0.39 is 0 Å². The highest BCUT2D eigenvalue weighted by Gasteiger charge is 2.21. The summed E-state index contributed by atoms with van der Waals surface area (Å²) >= 11 is 0. The number of ether oxygens (including phenoxy) is 1. The Labute approximate surface area is 172 Å². The maximum absolute atomic E-state index is 6.13. The smallest absolute Gasteiger partial charge is 0.189 e. The summed E-state index contributed by atoms with van der Waals surface area (Å²) in [6.45, 7) is 3.37. The third-order valence-corrected chi connectivity index (χ3v) is 4.54. The summed E-state index contributed by atoms with van der Waals surface area (Å²) in [6.07, 6.45) is 0.879. The van der Waals surface area contributed by atoms with Gasteiger partial charge in [0, 0.05) is 31.8 Å². The van der Waals surface area contributed by atoms with Crippen molar-refractivity contribution in [1.29, 1.82) is 0 Å². The van der Waals surface area contributed by atoms with E-state index in [1.165, 1.54) is 16.8 Å². The molecule has 26 heavy (non-hydrogen) atoms. The van der Waals surface area contributed by atoms with Gasteiger partial charge in [0.25, 0.3) is 0 Å². The van der Waals surface area contributed by atoms with Crippen LogP contribution in [0.25, 0.3) is 0 Å². The fourth-order valence-corrected chi connectivity index (χ4v) is 3.02. The van der Waals surface area contributed by atoms with E-state index in [0.717, 1.165) is 17.7 Å². The minimum atomic E-state index is 0. The Morgan fingerprint density at radius 1 is 1.27 bits per heavy atom. The SMILES string of the molecule is Cc1cc(N(C)C)ccc1CN=C(N)NC1CCOc2ccccc21.I. The third-order valence-electron chi connectivity index (χ3n) is 4.54. The Morgan fingerprint density at radius 2 is 2.04 bits per heavy atom. The summed E-state index contributed by atoms with van der Waals surface area (Å²) in [5, 5.41) is 3.33. The molecule has 2 aromatic rings. The Bertz CT molecular complexity index is 776. The van der Waals surface area contributed by atoms with Crippen LogP contribution in [0.2, 0.25) is 0 Å². The van der Waals surface area contributed by atoms with E-state index in [-0.39, 0.29) is 30.0 Å². The molecule has 0 bridgehead atoms. The largest absolute Gasteiger partial charge is 0.493 e. The normalized spacial score (nSPS) is 16.1. The van der Waals surface area contributed by atoms with E-state index >= 15 is 0 Å². The Morgan fingerprint density at radius 3 is 2.77 bits per heavy atom. The number of aliphatic imine (C=N–C) groups is 1. The maximum atomic E-state index is 6.13. The lowest BCUT2D eigenvalue weighted by Gasteiger charge is -2.27. The van der Waals surface area contributed by atoms with E-state index in [1.54, 1.807) is 0 Å². The number of fused-ring (bicyclic) bond motifs is 1. The average Bonchev–Trinajstić information content (AvgIpc) is 2.61. The van der Waals surface area contributed by atoms with Gasteiger partial charge in [-0.1, -0.05) is 24.3 Å². The van der Waals surface area contributed by atoms with Crippen LogP contribution < -0.4 is 20.7 Å². The van der Waals surface area contributed by atoms with Crippen LogP contribution in [-0.4, -0.2) is 26.7 Å². The molecule has 5 nitrogen and oxygen atoms in total. The van der Waals surface area contributed by atoms with Gasteiger partial charge in [-0.15, -0.1) is 24.0 Å². The standard InChI is InChI=1S/C20H26N4O.HI/c1-14-12-16(24(2)3)9-8-15(14)13-22-20(21)23-18-10-11-25-19-7-5-4-6-17(18)19;/h4-9,12,18H,10-11,13H2,1-3H3,(H3,21,22,23);1H. The number of halogens is 1. The summed E-state index contributed by atoms with van der Waals surface area (Å²) < 4.78 is 5.69. The van der Waals surface area contributed by atoms with Crippen LogP contribution in [0.1, 0.15) is 29.2 Å². The molecule has 1 aliphatic heterocycles. The van der Waals surface area contributed by atoms with Crippen LogP contribution in [-0.2, 0) is 6.54 Å². The molecule has 140 valence electrons. The summed E-state index contributed by atoms with van der Waals surface area (Å²) in [4.78, 5) is 6.62. The second kappa shape index (κ2) is 9.12. The molecule has 0 saturated heterocycles. The highest BCUT2D eigenvalue weighted by Crippen LogP contribution is 2.31. The second-order valence-corrected chi connectivity index (χ2v) is 6.58. The van der Waals surface area contributed by atoms with Gasteiger partial charge >= 0.3 is 0 Å². The lowest BCUT2D eigenvalue weighted by Crippen LogP contribution is -2.37. The quantitative estimate of drug-likeness (QED) is 0.411. The van der Waals surface area contributed by atoms with Crippen molar-refractivity contribution in [2.45, 2.75) is 25.9 Å². The zero-order valence-electron chi connectivity index (χ0n) is 15.5. The monoisotopic (exact) mass is 466 g/mol. The maximum Gasteiger partial charge on any atom is 0.189 e. The number of guanidine groups is 1. The zero-order valence-corrected chi connectivity index (χ0v) is 17.9. The molecule has 0 aliphatic carbocycles. The minimum Gasteiger partial charge on any atom is -0.493 e. The summed E-state index contributed by atoms with van der Waals surface area (Å²) in [5.41, 5.74) is 10.9. The van der Waals surface area contributed by atoms with Gasteiger partial charge < -0.3 is 20.7 Å². The van der Waals surface area contributed by atoms with Gasteiger partial charge in [0.05, 0.1) is 19.2 Å². The first-order valence-electron chi connectivity index (χ1n) is 8.59. The van der Waals surface area contributed by atoms with Gasteiger partial charge in [0.1, 0.15) is 5.75 Å². The Hall–Kier alpha value is -1.96. The number of nitrogens with two attached hydrogens (primary N) is 1. The van der Waals surface area contributed by atoms with Crippen molar-refractivity contribution < 1.29 is 4.74 Å². The molecule has 2 aromatic carbocycles. The van der Waals surface area contributed by atoms with Crippen molar-refractivity contribution in [2.24, 2.45) is 10.7 Å². The minimum absolute atomic E-state index is 0. The van der Waals surface area contributed by atoms with Gasteiger partial charge in [-0.05, 0) is 36.2 Å². The molecule has 1 heterocycles. The zero-order chi connectivity index (χ0) is 17.8. The first-order chi connectivity index (χ1) is 12.0. The fourth-order valence-electron chi connectivity index (χ4n) is 3.02. The predicted octanol–water partition coefficient (Wildman–Crippen LogP) is 3.61. The van der Waals surface area contributed by atoms with E-state index in [0.29, 0.717) is 19.1 Å². The summed E-state index contributed by atoms with van der Waals surface area (Å²) in [5.74, 6) is 1.40. The first kappa shape index (κ1) is 20.4. The molecule has 1 aliphatic rings. The summed E-state index contributed by atoms with van der Waals surface area (Å²) in [7, 11) is 4.08. The van der Waals surface area contributed by atoms with Gasteiger partial charge in [-0.3, -0.25) is 0 Å². The number of aryl methyl sites for hydroxylation is 1. The molecule has 3 rings (SSSR count). The molecule has 3 N–H and O–H groups in total. The number of rotatable bonds is 4. The van der Waals surface area contributed by atoms with Crippen LogP contribution in [0, 0.1) is 6.92 Å². The molecule has 1 unspecified atom stereocenters. The second-order valence-electron chi connectivity index (χ2n) is 6.58. The van der Waals surface area contributed by atoms with Crippen molar-refractivity contribution in [3.8, 4) is 5.75 Å². The highest BCUT2D eigenvalue weighted by molar-refractivity contribution is 14.0. The van der Waals surface area contributed by atoms with Crippen molar-refractivity contribution in [3.63, 3.8) is 0 Å². The van der Waals surface area contributed by atoms with Crippen LogP contribution in [0.3, 0.4) is 0 Å². The fraction of sp³-hybridized carbons (Fsp3) is 0.350. The van der Waals surface area contributed by atoms with Gasteiger partial charge in [0.15, 0.2) is 5.96 Å². The number of nitrogens with zero attached hydrogens (tertiary/aromatic N) is 2. The lowest BCUT2D eigenvalue weighted by molar-refractivity contribution is 0.262. The third kappa shape index (κ3) is 4.81. The topological polar surface area (TPSA) is 62.9 Å². The molecule has 0 fully saturated rings. The number of benzene rings is 2. The van der Waals surface area contributed by atoms with Crippen LogP contribution in [0.15, 0.2) is 47.5 Å². The highest BCUT2D eigenvalue weighted by atomic mass is 127. The average molecular weight is 466 g/mol. The molecule has 6 heteroatoms. The molecular weight excluding hydrogens is 439 g/mol. The van der Waals surface area contributed by atoms with E-state index in [9.17, 15) is 0 Å². The number of hydrogen-bond donors (Lipinski definition) is 2.